The quantitative estimate of drug-likeness (QED) is 0.299. The molecule has 0 saturated carbocycles. The van der Waals surface area contributed by atoms with Crippen LogP contribution in [-0.4, -0.2) is 34.6 Å². The highest BCUT2D eigenvalue weighted by Gasteiger charge is 2.36. The molecule has 0 fully saturated rings. The van der Waals surface area contributed by atoms with Crippen LogP contribution in [0.2, 0.25) is 0 Å². The topological polar surface area (TPSA) is 95.9 Å². The van der Waals surface area contributed by atoms with Crippen LogP contribution in [0.5, 0.6) is 0 Å². The summed E-state index contributed by atoms with van der Waals surface area (Å²) in [5.74, 6) is -5.21. The van der Waals surface area contributed by atoms with Crippen molar-refractivity contribution in [3.8, 4) is 0 Å². The van der Waals surface area contributed by atoms with Gasteiger partial charge in [0.2, 0.25) is 5.91 Å². The third-order valence-electron chi connectivity index (χ3n) is 1.20. The van der Waals surface area contributed by atoms with E-state index in [4.69, 9.17) is 10.2 Å². The molecule has 0 spiro atoms. The number of esters is 1. The number of aliphatic hydroxyl groups is 2. The van der Waals surface area contributed by atoms with Gasteiger partial charge in [-0.3, -0.25) is 10.1 Å². The third kappa shape index (κ3) is 4.01. The Labute approximate surface area is 81.2 Å². The molecular formula is C8H13NO5. The Hall–Kier alpha value is -1.40. The van der Waals surface area contributed by atoms with Gasteiger partial charge in [0, 0.05) is 0 Å². The summed E-state index contributed by atoms with van der Waals surface area (Å²) in [5, 5.41) is 19.6. The van der Waals surface area contributed by atoms with Crippen LogP contribution in [0, 0.1) is 0 Å². The Bertz CT molecular complexity index is 236. The molecule has 0 aliphatic heterocycles. The lowest BCUT2D eigenvalue weighted by atomic mass is 10.4. The van der Waals surface area contributed by atoms with Crippen LogP contribution in [0.3, 0.4) is 0 Å². The van der Waals surface area contributed by atoms with Crippen molar-refractivity contribution in [3.63, 3.8) is 0 Å². The fraction of sp³-hybridized carbons (Fsp3) is 0.500. The van der Waals surface area contributed by atoms with E-state index in [0.29, 0.717) is 6.42 Å². The SMILES string of the molecule is C=CC(=O)NC(O)(O)C(=O)OCCC. The number of carbonyl (C=O) groups excluding carboxylic acids is 2. The normalized spacial score (nSPS) is 10.5. The molecule has 6 nitrogen and oxygen atoms in total. The highest BCUT2D eigenvalue weighted by atomic mass is 16.6. The maximum absolute atomic E-state index is 10.9. The molecular weight excluding hydrogens is 190 g/mol. The third-order valence-corrected chi connectivity index (χ3v) is 1.20. The van der Waals surface area contributed by atoms with Crippen molar-refractivity contribution in [1.29, 1.82) is 0 Å². The van der Waals surface area contributed by atoms with Crippen LogP contribution in [0.1, 0.15) is 13.3 Å². The van der Waals surface area contributed by atoms with Gasteiger partial charge in [-0.15, -0.1) is 0 Å². The molecule has 0 unspecified atom stereocenters. The molecule has 0 bridgehead atoms. The summed E-state index contributed by atoms with van der Waals surface area (Å²) >= 11 is 0. The summed E-state index contributed by atoms with van der Waals surface area (Å²) in [4.78, 5) is 21.6. The van der Waals surface area contributed by atoms with E-state index in [0.717, 1.165) is 6.08 Å². The summed E-state index contributed by atoms with van der Waals surface area (Å²) in [5.41, 5.74) is 0. The van der Waals surface area contributed by atoms with Crippen LogP contribution in [0.25, 0.3) is 0 Å². The van der Waals surface area contributed by atoms with Crippen molar-refractivity contribution in [2.45, 2.75) is 19.3 Å². The Kier molecular flexibility index (Phi) is 4.82. The second-order valence-electron chi connectivity index (χ2n) is 2.50. The average molecular weight is 203 g/mol. The largest absolute Gasteiger partial charge is 0.460 e. The van der Waals surface area contributed by atoms with Gasteiger partial charge >= 0.3 is 11.9 Å². The number of hydrogen-bond donors (Lipinski definition) is 3. The van der Waals surface area contributed by atoms with Crippen molar-refractivity contribution >= 4 is 11.9 Å². The molecule has 0 saturated heterocycles. The molecule has 0 aliphatic carbocycles. The monoisotopic (exact) mass is 203 g/mol. The lowest BCUT2D eigenvalue weighted by Crippen LogP contribution is -2.55. The molecule has 0 atom stereocenters. The predicted molar refractivity (Wildman–Crippen MR) is 46.8 cm³/mol. The van der Waals surface area contributed by atoms with Crippen molar-refractivity contribution in [3.05, 3.63) is 12.7 Å². The van der Waals surface area contributed by atoms with E-state index in [1.807, 2.05) is 0 Å². The van der Waals surface area contributed by atoms with Gasteiger partial charge in [0.25, 0.3) is 0 Å². The van der Waals surface area contributed by atoms with Gasteiger partial charge < -0.3 is 14.9 Å². The highest BCUT2D eigenvalue weighted by molar-refractivity contribution is 5.91. The standard InChI is InChI=1S/C8H13NO5/c1-3-5-14-7(11)8(12,13)9-6(10)4-2/h4,12-13H,2-3,5H2,1H3,(H,9,10). The minimum atomic E-state index is -3.00. The summed E-state index contributed by atoms with van der Waals surface area (Å²) in [6.45, 7) is 4.87. The summed E-state index contributed by atoms with van der Waals surface area (Å²) in [7, 11) is 0. The zero-order valence-corrected chi connectivity index (χ0v) is 7.82. The van der Waals surface area contributed by atoms with E-state index < -0.39 is 17.8 Å². The maximum Gasteiger partial charge on any atom is 0.390 e. The van der Waals surface area contributed by atoms with Crippen molar-refractivity contribution in [2.24, 2.45) is 0 Å². The lowest BCUT2D eigenvalue weighted by molar-refractivity contribution is -0.219. The molecule has 0 aromatic carbocycles. The minimum absolute atomic E-state index is 0.0473. The number of amides is 1. The Balaban J connectivity index is 4.22. The Morgan fingerprint density at radius 2 is 2.14 bits per heavy atom. The van der Waals surface area contributed by atoms with E-state index in [-0.39, 0.29) is 6.61 Å². The number of carbonyl (C=O) groups is 2. The predicted octanol–water partition coefficient (Wildman–Crippen LogP) is -1.12. The molecule has 0 aliphatic rings. The van der Waals surface area contributed by atoms with E-state index in [1.54, 1.807) is 12.2 Å². The van der Waals surface area contributed by atoms with Gasteiger partial charge in [0.05, 0.1) is 6.61 Å². The van der Waals surface area contributed by atoms with E-state index in [1.165, 1.54) is 0 Å². The van der Waals surface area contributed by atoms with Gasteiger partial charge in [-0.2, -0.15) is 0 Å². The van der Waals surface area contributed by atoms with Crippen LogP contribution < -0.4 is 5.32 Å². The highest BCUT2D eigenvalue weighted by Crippen LogP contribution is 1.98. The molecule has 0 aromatic heterocycles. The molecule has 0 radical (unpaired) electrons. The first-order valence-electron chi connectivity index (χ1n) is 4.00. The number of nitrogens with one attached hydrogen (secondary N) is 1. The van der Waals surface area contributed by atoms with E-state index in [2.05, 4.69) is 11.3 Å². The molecule has 0 heterocycles. The first-order valence-corrected chi connectivity index (χ1v) is 4.00. The summed E-state index contributed by atoms with van der Waals surface area (Å²) in [6, 6.07) is 0. The number of hydrogen-bond acceptors (Lipinski definition) is 5. The Morgan fingerprint density at radius 1 is 1.57 bits per heavy atom. The van der Waals surface area contributed by atoms with Gasteiger partial charge in [0.15, 0.2) is 0 Å². The first-order chi connectivity index (χ1) is 6.44. The minimum Gasteiger partial charge on any atom is -0.460 e. The van der Waals surface area contributed by atoms with E-state index >= 15 is 0 Å². The molecule has 6 heteroatoms. The molecule has 0 rings (SSSR count). The van der Waals surface area contributed by atoms with Crippen molar-refractivity contribution in [1.82, 2.24) is 5.32 Å². The van der Waals surface area contributed by atoms with Crippen molar-refractivity contribution < 1.29 is 24.5 Å². The molecule has 0 aromatic rings. The van der Waals surface area contributed by atoms with E-state index in [9.17, 15) is 9.59 Å². The molecule has 1 amide bonds. The molecule has 3 N–H and O–H groups in total. The van der Waals surface area contributed by atoms with Gasteiger partial charge in [-0.25, -0.2) is 4.79 Å². The van der Waals surface area contributed by atoms with Gasteiger partial charge in [-0.05, 0) is 12.5 Å². The second kappa shape index (κ2) is 5.36. The van der Waals surface area contributed by atoms with Crippen LogP contribution in [-0.2, 0) is 14.3 Å². The smallest absolute Gasteiger partial charge is 0.390 e. The molecule has 14 heavy (non-hydrogen) atoms. The number of rotatable bonds is 5. The maximum atomic E-state index is 10.9. The Morgan fingerprint density at radius 3 is 2.57 bits per heavy atom. The lowest BCUT2D eigenvalue weighted by Gasteiger charge is -2.19. The van der Waals surface area contributed by atoms with Crippen LogP contribution in [0.15, 0.2) is 12.7 Å². The van der Waals surface area contributed by atoms with Crippen LogP contribution >= 0.6 is 0 Å². The average Bonchev–Trinajstić information content (AvgIpc) is 2.13. The van der Waals surface area contributed by atoms with Crippen LogP contribution in [0.4, 0.5) is 0 Å². The number of ether oxygens (including phenoxy) is 1. The van der Waals surface area contributed by atoms with Gasteiger partial charge in [0.1, 0.15) is 0 Å². The zero-order chi connectivity index (χ0) is 11.2. The van der Waals surface area contributed by atoms with Crippen molar-refractivity contribution in [2.75, 3.05) is 6.61 Å². The molecule has 80 valence electrons. The fourth-order valence-electron chi connectivity index (χ4n) is 0.569. The first kappa shape index (κ1) is 12.6. The summed E-state index contributed by atoms with van der Waals surface area (Å²) in [6.07, 6.45) is 1.34. The zero-order valence-electron chi connectivity index (χ0n) is 7.82. The summed E-state index contributed by atoms with van der Waals surface area (Å²) < 4.78 is 4.41. The second-order valence-corrected chi connectivity index (χ2v) is 2.50. The fourth-order valence-corrected chi connectivity index (χ4v) is 0.569. The van der Waals surface area contributed by atoms with Gasteiger partial charge in [-0.1, -0.05) is 13.5 Å².